The molecule has 0 radical (unpaired) electrons. The van der Waals surface area contributed by atoms with Crippen molar-refractivity contribution in [1.82, 2.24) is 14.3 Å². The van der Waals surface area contributed by atoms with Crippen LogP contribution in [-0.4, -0.2) is 37.4 Å². The number of nitriles is 1. The normalized spacial score (nSPS) is 12.1. The van der Waals surface area contributed by atoms with Gasteiger partial charge in [0.15, 0.2) is 0 Å². The zero-order chi connectivity index (χ0) is 22.1. The van der Waals surface area contributed by atoms with E-state index in [0.717, 1.165) is 11.7 Å². The van der Waals surface area contributed by atoms with E-state index in [2.05, 4.69) is 11.1 Å². The average molecular weight is 453 g/mol. The molecule has 2 heterocycles. The van der Waals surface area contributed by atoms with E-state index in [0.29, 0.717) is 27.4 Å². The number of alkyl halides is 2. The maximum absolute atomic E-state index is 12.7. The van der Waals surface area contributed by atoms with Gasteiger partial charge >= 0.3 is 0 Å². The average Bonchev–Trinajstić information content (AvgIpc) is 3.05. The van der Waals surface area contributed by atoms with E-state index < -0.39 is 29.4 Å². The number of rotatable bonds is 7. The molecular weight excluding hydrogens is 434 g/mol. The molecule has 1 N–H and O–H groups in total. The smallest absolute Gasteiger partial charge is 0.242 e. The van der Waals surface area contributed by atoms with Crippen LogP contribution >= 0.6 is 11.6 Å². The van der Waals surface area contributed by atoms with Crippen molar-refractivity contribution in [3.63, 3.8) is 0 Å². The summed E-state index contributed by atoms with van der Waals surface area (Å²) in [7, 11) is -4.14. The first-order valence-corrected chi connectivity index (χ1v) is 10.9. The summed E-state index contributed by atoms with van der Waals surface area (Å²) in [5, 5.41) is 10.9. The molecule has 158 valence electrons. The number of hydrogen-bond donors (Lipinski definition) is 1. The highest BCUT2D eigenvalue weighted by atomic mass is 35.5. The lowest BCUT2D eigenvalue weighted by molar-refractivity contribution is 0.334. The fourth-order valence-corrected chi connectivity index (χ4v) is 4.57. The van der Waals surface area contributed by atoms with Crippen LogP contribution in [0.25, 0.3) is 22.3 Å². The number of hydrogen-bond acceptors (Lipinski definition) is 4. The first-order chi connectivity index (χ1) is 14.2. The number of halogens is 3. The lowest BCUT2D eigenvalue weighted by Crippen LogP contribution is -2.37. The fraction of sp³-hybridized carbons (Fsp3) is 0.300. The first kappa shape index (κ1) is 22.2. The Balaban J connectivity index is 2.13. The minimum Gasteiger partial charge on any atom is -0.336 e. The molecule has 0 aliphatic rings. The van der Waals surface area contributed by atoms with E-state index in [-0.39, 0.29) is 10.9 Å². The molecule has 6 nitrogen and oxygen atoms in total. The van der Waals surface area contributed by atoms with Crippen LogP contribution in [0.1, 0.15) is 25.5 Å². The van der Waals surface area contributed by atoms with Gasteiger partial charge in [-0.1, -0.05) is 11.6 Å². The van der Waals surface area contributed by atoms with Crippen LogP contribution in [0.5, 0.6) is 0 Å². The standard InChI is InChI=1S/C20H19ClF2N4O2S/c1-12(2)27-19-6-3-13(21)7-16(19)17(10-24)20(27)18-5-4-15(11-25-18)30(28,29)26-14(8-22)9-23/h3-7,11-12,14,26H,8-9H2,1-2H3. The maximum atomic E-state index is 12.7. The van der Waals surface area contributed by atoms with Gasteiger partial charge in [-0.3, -0.25) is 4.98 Å². The quantitative estimate of drug-likeness (QED) is 0.575. The van der Waals surface area contributed by atoms with Gasteiger partial charge in [0.1, 0.15) is 24.3 Å². The van der Waals surface area contributed by atoms with Gasteiger partial charge in [-0.25, -0.2) is 21.9 Å². The number of sulfonamides is 1. The molecule has 3 rings (SSSR count). The van der Waals surface area contributed by atoms with Crippen molar-refractivity contribution in [2.45, 2.75) is 30.8 Å². The largest absolute Gasteiger partial charge is 0.336 e. The summed E-state index contributed by atoms with van der Waals surface area (Å²) in [6.45, 7) is 1.58. The minimum absolute atomic E-state index is 0.0208. The second kappa shape index (κ2) is 8.68. The highest BCUT2D eigenvalue weighted by molar-refractivity contribution is 7.89. The number of fused-ring (bicyclic) bond motifs is 1. The molecule has 0 amide bonds. The summed E-state index contributed by atoms with van der Waals surface area (Å²) in [5.74, 6) is 0. The number of pyridine rings is 1. The summed E-state index contributed by atoms with van der Waals surface area (Å²) in [4.78, 5) is 4.00. The van der Waals surface area contributed by atoms with Gasteiger partial charge in [-0.05, 0) is 44.2 Å². The lowest BCUT2D eigenvalue weighted by atomic mass is 10.1. The predicted molar refractivity (Wildman–Crippen MR) is 111 cm³/mol. The Morgan fingerprint density at radius 2 is 1.93 bits per heavy atom. The molecule has 0 fully saturated rings. The molecule has 0 unspecified atom stereocenters. The third-order valence-electron chi connectivity index (χ3n) is 4.58. The summed E-state index contributed by atoms with van der Waals surface area (Å²) in [6.07, 6.45) is 1.10. The Bertz CT molecular complexity index is 1210. The Labute approximate surface area is 178 Å². The Kier molecular flexibility index (Phi) is 6.41. The van der Waals surface area contributed by atoms with Gasteiger partial charge in [0.2, 0.25) is 10.0 Å². The van der Waals surface area contributed by atoms with Gasteiger partial charge in [-0.2, -0.15) is 5.26 Å². The van der Waals surface area contributed by atoms with Gasteiger partial charge < -0.3 is 4.57 Å². The summed E-state index contributed by atoms with van der Waals surface area (Å²) < 4.78 is 53.9. The molecular formula is C20H19ClF2N4O2S. The molecule has 0 aliphatic heterocycles. The van der Waals surface area contributed by atoms with Gasteiger partial charge in [0.25, 0.3) is 0 Å². The van der Waals surface area contributed by atoms with Crippen molar-refractivity contribution in [3.8, 4) is 17.5 Å². The number of aromatic nitrogens is 2. The van der Waals surface area contributed by atoms with Crippen LogP contribution < -0.4 is 4.72 Å². The van der Waals surface area contributed by atoms with Crippen molar-refractivity contribution in [3.05, 3.63) is 47.1 Å². The molecule has 0 spiro atoms. The van der Waals surface area contributed by atoms with Crippen molar-refractivity contribution < 1.29 is 17.2 Å². The van der Waals surface area contributed by atoms with Crippen LogP contribution in [-0.2, 0) is 10.0 Å². The van der Waals surface area contributed by atoms with Crippen LogP contribution in [0.4, 0.5) is 8.78 Å². The molecule has 1 aromatic carbocycles. The molecule has 0 aliphatic carbocycles. The molecule has 0 atom stereocenters. The molecule has 3 aromatic rings. The van der Waals surface area contributed by atoms with Crippen molar-refractivity contribution in [2.24, 2.45) is 0 Å². The van der Waals surface area contributed by atoms with Crippen LogP contribution in [0.3, 0.4) is 0 Å². The zero-order valence-electron chi connectivity index (χ0n) is 16.2. The second-order valence-electron chi connectivity index (χ2n) is 6.97. The van der Waals surface area contributed by atoms with Crippen molar-refractivity contribution >= 4 is 32.5 Å². The lowest BCUT2D eigenvalue weighted by Gasteiger charge is -2.15. The third kappa shape index (κ3) is 4.03. The van der Waals surface area contributed by atoms with E-state index in [4.69, 9.17) is 11.6 Å². The van der Waals surface area contributed by atoms with Gasteiger partial charge in [0.05, 0.1) is 28.5 Å². The van der Waals surface area contributed by atoms with Crippen LogP contribution in [0.2, 0.25) is 5.02 Å². The summed E-state index contributed by atoms with van der Waals surface area (Å²) >= 11 is 6.11. The molecule has 2 aromatic heterocycles. The van der Waals surface area contributed by atoms with E-state index in [9.17, 15) is 22.5 Å². The van der Waals surface area contributed by atoms with Crippen molar-refractivity contribution in [1.29, 1.82) is 5.26 Å². The molecule has 0 bridgehead atoms. The molecule has 0 saturated carbocycles. The minimum atomic E-state index is -4.14. The van der Waals surface area contributed by atoms with Crippen LogP contribution in [0.15, 0.2) is 41.4 Å². The highest BCUT2D eigenvalue weighted by Crippen LogP contribution is 2.36. The van der Waals surface area contributed by atoms with Crippen molar-refractivity contribution in [2.75, 3.05) is 13.3 Å². The highest BCUT2D eigenvalue weighted by Gasteiger charge is 2.24. The first-order valence-electron chi connectivity index (χ1n) is 9.07. The second-order valence-corrected chi connectivity index (χ2v) is 9.12. The van der Waals surface area contributed by atoms with Crippen LogP contribution in [0, 0.1) is 11.3 Å². The third-order valence-corrected chi connectivity index (χ3v) is 6.32. The Morgan fingerprint density at radius 1 is 1.23 bits per heavy atom. The number of benzene rings is 1. The maximum Gasteiger partial charge on any atom is 0.242 e. The van der Waals surface area contributed by atoms with E-state index in [1.165, 1.54) is 12.1 Å². The van der Waals surface area contributed by atoms with Gasteiger partial charge in [0, 0.05) is 22.6 Å². The molecule has 0 saturated heterocycles. The molecule has 10 heteroatoms. The summed E-state index contributed by atoms with van der Waals surface area (Å²) in [6, 6.07) is 8.72. The predicted octanol–water partition coefficient (Wildman–Crippen LogP) is 4.40. The SMILES string of the molecule is CC(C)n1c(-c2ccc(S(=O)(=O)NC(CF)CF)cn2)c(C#N)c2cc(Cl)ccc21. The number of nitrogens with one attached hydrogen (secondary N) is 1. The van der Waals surface area contributed by atoms with Gasteiger partial charge in [-0.15, -0.1) is 0 Å². The Morgan fingerprint density at radius 3 is 2.47 bits per heavy atom. The Hall–Kier alpha value is -2.54. The summed E-state index contributed by atoms with van der Waals surface area (Å²) in [5.41, 5.74) is 2.10. The number of nitrogens with zero attached hydrogens (tertiary/aromatic N) is 3. The monoisotopic (exact) mass is 452 g/mol. The topological polar surface area (TPSA) is 87.8 Å². The van der Waals surface area contributed by atoms with E-state index >= 15 is 0 Å². The fourth-order valence-electron chi connectivity index (χ4n) is 3.26. The van der Waals surface area contributed by atoms with E-state index in [1.54, 1.807) is 12.1 Å². The van der Waals surface area contributed by atoms with E-state index in [1.807, 2.05) is 29.2 Å². The zero-order valence-corrected chi connectivity index (χ0v) is 17.8. The molecule has 30 heavy (non-hydrogen) atoms.